The van der Waals surface area contributed by atoms with Crippen LogP contribution in [0.1, 0.15) is 27.3 Å². The van der Waals surface area contributed by atoms with Crippen LogP contribution < -0.4 is 11.1 Å². The van der Waals surface area contributed by atoms with Crippen molar-refractivity contribution in [1.29, 1.82) is 0 Å². The lowest BCUT2D eigenvalue weighted by atomic mass is 10.0. The second-order valence-electron chi connectivity index (χ2n) is 10.7. The zero-order valence-corrected chi connectivity index (χ0v) is 27.9. The predicted molar refractivity (Wildman–Crippen MR) is 177 cm³/mol. The number of nitrogens with zero attached hydrogens (tertiary/aromatic N) is 7. The number of hydrogen-bond donors (Lipinski definition) is 7. The van der Waals surface area contributed by atoms with Gasteiger partial charge in [0.1, 0.15) is 40.0 Å². The number of anilines is 1. The van der Waals surface area contributed by atoms with E-state index in [0.29, 0.717) is 16.2 Å². The van der Waals surface area contributed by atoms with Gasteiger partial charge in [0.05, 0.1) is 18.3 Å². The minimum absolute atomic E-state index is 0.00995. The number of aliphatic carboxylic acids is 2. The quantitative estimate of drug-likeness (QED) is 0.0242. The van der Waals surface area contributed by atoms with Crippen LogP contribution in [0.4, 0.5) is 5.13 Å². The molecule has 0 unspecified atom stereocenters. The predicted octanol–water partition coefficient (Wildman–Crippen LogP) is 0.351. The number of nitrogens with two attached hydrogens (primary N) is 1. The molecule has 0 radical (unpaired) electrons. The fraction of sp³-hybridized carbons (Fsp3) is 0.214. The molecule has 0 aliphatic carbocycles. The number of carbonyl (C=O) groups is 5. The number of phenolic OH excluding ortho intramolecular Hbond substituents is 1. The SMILES string of the molecule is Nc1nc(/C(=N/OCc2cc(O)c(O)c(C(=O)O)c2)C(=O)N[C@@H]2C(=O)N3C(C(=O)O)=C(CSc4cc(CC(=O)O)nc5cnnn45)CS[C@H]23)cs1. The summed E-state index contributed by atoms with van der Waals surface area (Å²) in [4.78, 5) is 76.5. The third-order valence-electron chi connectivity index (χ3n) is 7.30. The van der Waals surface area contributed by atoms with Gasteiger partial charge in [-0.05, 0) is 29.3 Å². The maximum Gasteiger partial charge on any atom is 0.352 e. The van der Waals surface area contributed by atoms with Crippen LogP contribution in [-0.4, -0.2) is 114 Å². The first-order chi connectivity index (χ1) is 24.3. The molecule has 2 atom stereocenters. The summed E-state index contributed by atoms with van der Waals surface area (Å²) in [5, 5.41) is 63.6. The number of nitrogens with one attached hydrogen (secondary N) is 1. The van der Waals surface area contributed by atoms with E-state index >= 15 is 0 Å². The lowest BCUT2D eigenvalue weighted by molar-refractivity contribution is -0.150. The molecule has 20 nitrogen and oxygen atoms in total. The number of fused-ring (bicyclic) bond motifs is 2. The molecule has 0 saturated carbocycles. The first-order valence-electron chi connectivity index (χ1n) is 14.3. The van der Waals surface area contributed by atoms with Gasteiger partial charge in [-0.2, -0.15) is 4.52 Å². The number of carboxylic acids is 3. The highest BCUT2D eigenvalue weighted by atomic mass is 32.2. The zero-order chi connectivity index (χ0) is 36.6. The van der Waals surface area contributed by atoms with Crippen LogP contribution in [0.25, 0.3) is 5.65 Å². The number of phenols is 2. The van der Waals surface area contributed by atoms with Crippen molar-refractivity contribution < 1.29 is 54.3 Å². The number of benzene rings is 1. The Kier molecular flexibility index (Phi) is 9.67. The molecule has 3 aromatic heterocycles. The van der Waals surface area contributed by atoms with Crippen LogP contribution in [0.15, 0.2) is 51.2 Å². The number of aromatic nitrogens is 5. The third kappa shape index (κ3) is 7.06. The van der Waals surface area contributed by atoms with Crippen LogP contribution in [0.2, 0.25) is 0 Å². The molecule has 51 heavy (non-hydrogen) atoms. The second kappa shape index (κ2) is 14.1. The number of thioether (sulfide) groups is 2. The van der Waals surface area contributed by atoms with Crippen molar-refractivity contribution in [1.82, 2.24) is 35.0 Å². The number of thiazole rings is 1. The lowest BCUT2D eigenvalue weighted by Crippen LogP contribution is -2.71. The lowest BCUT2D eigenvalue weighted by Gasteiger charge is -2.49. The molecule has 5 heterocycles. The zero-order valence-electron chi connectivity index (χ0n) is 25.5. The van der Waals surface area contributed by atoms with Crippen molar-refractivity contribution in [3.8, 4) is 11.5 Å². The molecule has 23 heteroatoms. The number of oxime groups is 1. The van der Waals surface area contributed by atoms with Crippen molar-refractivity contribution in [2.24, 2.45) is 5.16 Å². The number of β-lactam (4-membered cyclic amide) rings is 1. The summed E-state index contributed by atoms with van der Waals surface area (Å²) in [7, 11) is 0. The minimum Gasteiger partial charge on any atom is -0.504 e. The average molecular weight is 758 g/mol. The highest BCUT2D eigenvalue weighted by Crippen LogP contribution is 2.42. The minimum atomic E-state index is -1.51. The molecule has 1 fully saturated rings. The van der Waals surface area contributed by atoms with Crippen LogP contribution in [0.5, 0.6) is 11.5 Å². The van der Waals surface area contributed by atoms with E-state index in [1.807, 2.05) is 0 Å². The Morgan fingerprint density at radius 1 is 1.12 bits per heavy atom. The summed E-state index contributed by atoms with van der Waals surface area (Å²) >= 11 is 3.37. The van der Waals surface area contributed by atoms with E-state index in [4.69, 9.17) is 10.6 Å². The number of aromatic carboxylic acids is 1. The van der Waals surface area contributed by atoms with E-state index in [9.17, 15) is 49.5 Å². The summed E-state index contributed by atoms with van der Waals surface area (Å²) in [5.41, 5.74) is 5.53. The van der Waals surface area contributed by atoms with E-state index in [1.165, 1.54) is 33.9 Å². The fourth-order valence-corrected chi connectivity index (χ4v) is 8.11. The first kappa shape index (κ1) is 34.9. The molecule has 0 spiro atoms. The Hall–Kier alpha value is -5.94. The molecule has 2 aliphatic heterocycles. The van der Waals surface area contributed by atoms with Gasteiger partial charge in [0.2, 0.25) is 0 Å². The van der Waals surface area contributed by atoms with Crippen molar-refractivity contribution in [3.05, 3.63) is 63.6 Å². The first-order valence-corrected chi connectivity index (χ1v) is 17.2. The Balaban J connectivity index is 1.18. The topological polar surface area (TPSA) is 305 Å². The average Bonchev–Trinajstić information content (AvgIpc) is 3.73. The van der Waals surface area contributed by atoms with Gasteiger partial charge in [-0.25, -0.2) is 19.6 Å². The molecule has 4 aromatic rings. The summed E-state index contributed by atoms with van der Waals surface area (Å²) in [6.07, 6.45) is 1.01. The van der Waals surface area contributed by atoms with Crippen molar-refractivity contribution >= 4 is 81.1 Å². The molecule has 1 saturated heterocycles. The Bertz CT molecular complexity index is 2180. The van der Waals surface area contributed by atoms with E-state index in [1.54, 1.807) is 0 Å². The molecular formula is C28H23N9O11S3. The second-order valence-corrected chi connectivity index (χ2v) is 13.7. The summed E-state index contributed by atoms with van der Waals surface area (Å²) < 4.78 is 1.39. The molecular weight excluding hydrogens is 735 g/mol. The Morgan fingerprint density at radius 3 is 2.59 bits per heavy atom. The smallest absolute Gasteiger partial charge is 0.352 e. The Labute approximate surface area is 296 Å². The van der Waals surface area contributed by atoms with Gasteiger partial charge < -0.3 is 41.4 Å². The van der Waals surface area contributed by atoms with Gasteiger partial charge in [-0.1, -0.05) is 10.4 Å². The van der Waals surface area contributed by atoms with Crippen LogP contribution >= 0.6 is 34.9 Å². The van der Waals surface area contributed by atoms with Crippen LogP contribution in [0, 0.1) is 0 Å². The van der Waals surface area contributed by atoms with Crippen LogP contribution in [-0.2, 0) is 37.0 Å². The number of amides is 2. The number of hydrogen-bond acceptors (Lipinski definition) is 17. The highest BCUT2D eigenvalue weighted by Gasteiger charge is 2.54. The molecule has 1 aromatic carbocycles. The largest absolute Gasteiger partial charge is 0.504 e. The summed E-state index contributed by atoms with van der Waals surface area (Å²) in [6.45, 7) is -0.449. The molecule has 0 bridgehead atoms. The molecule has 2 aliphatic rings. The van der Waals surface area contributed by atoms with Crippen LogP contribution in [0.3, 0.4) is 0 Å². The van der Waals surface area contributed by atoms with Gasteiger partial charge in [0.25, 0.3) is 11.8 Å². The maximum atomic E-state index is 13.5. The van der Waals surface area contributed by atoms with E-state index in [0.717, 1.165) is 40.1 Å². The van der Waals surface area contributed by atoms with Gasteiger partial charge in [0.15, 0.2) is 28.0 Å². The summed E-state index contributed by atoms with van der Waals surface area (Å²) in [5.74, 6) is -6.86. The van der Waals surface area contributed by atoms with E-state index < -0.39 is 70.5 Å². The van der Waals surface area contributed by atoms with Crippen molar-refractivity contribution in [2.75, 3.05) is 17.2 Å². The molecule has 264 valence electrons. The molecule has 2 amide bonds. The number of nitrogen functional groups attached to an aromatic ring is 1. The van der Waals surface area contributed by atoms with Gasteiger partial charge in [-0.15, -0.1) is 40.0 Å². The molecule has 6 rings (SSSR count). The highest BCUT2D eigenvalue weighted by molar-refractivity contribution is 8.01. The number of carbonyl (C=O) groups excluding carboxylic acids is 2. The van der Waals surface area contributed by atoms with Gasteiger partial charge in [-0.3, -0.25) is 19.3 Å². The van der Waals surface area contributed by atoms with Gasteiger partial charge in [0, 0.05) is 16.9 Å². The van der Waals surface area contributed by atoms with Gasteiger partial charge >= 0.3 is 17.9 Å². The number of rotatable bonds is 13. The summed E-state index contributed by atoms with van der Waals surface area (Å²) in [6, 6.07) is 2.44. The molecule has 8 N–H and O–H groups in total. The standard InChI is InChI=1S/C28H23N9O11S3/c29-28-32-14(9-51-28)19(34-48-6-10-1-13(26(44)45)22(41)15(38)2-10)23(42)33-20-24(43)36-21(27(46)47)11(8-50-25(20)36)7-49-17-3-12(4-18(39)40)31-16-5-30-35-37(16)17/h1-3,5,9,20,25,38,41H,4,6-8H2,(H2,29,32)(H,33,42)(H,39,40)(H,44,45)(H,46,47)/b34-19-/t20-,25-/m1/s1. The van der Waals surface area contributed by atoms with E-state index in [2.05, 4.69) is 30.8 Å². The van der Waals surface area contributed by atoms with E-state index in [-0.39, 0.29) is 45.7 Å². The van der Waals surface area contributed by atoms with Crippen molar-refractivity contribution in [2.45, 2.75) is 29.5 Å². The Morgan fingerprint density at radius 2 is 1.90 bits per heavy atom. The number of aromatic hydroxyl groups is 2. The van der Waals surface area contributed by atoms with Crippen molar-refractivity contribution in [3.63, 3.8) is 0 Å². The maximum absolute atomic E-state index is 13.5. The number of carboxylic acid groups (broad SMARTS) is 3. The fourth-order valence-electron chi connectivity index (χ4n) is 5.06. The third-order valence-corrected chi connectivity index (χ3v) is 10.4. The monoisotopic (exact) mass is 757 g/mol. The normalized spacial score (nSPS) is 17.2.